The lowest BCUT2D eigenvalue weighted by atomic mass is 10.2. The lowest BCUT2D eigenvalue weighted by Gasteiger charge is -2.20. The minimum atomic E-state index is -0.366. The molecule has 1 aliphatic rings. The largest absolute Gasteiger partial charge is 0.389 e. The molecule has 0 aliphatic carbocycles. The van der Waals surface area contributed by atoms with Gasteiger partial charge in [-0.15, -0.1) is 0 Å². The Morgan fingerprint density at radius 3 is 3.08 bits per heavy atom. The van der Waals surface area contributed by atoms with Gasteiger partial charge in [-0.2, -0.15) is 10.3 Å². The van der Waals surface area contributed by atoms with Crippen molar-refractivity contribution < 1.29 is 9.94 Å². The fourth-order valence-corrected chi connectivity index (χ4v) is 1.22. The smallest absolute Gasteiger partial charge is 0.0958 e. The number of hydroxylamine groups is 2. The summed E-state index contributed by atoms with van der Waals surface area (Å²) in [5.41, 5.74) is 0. The lowest BCUT2D eigenvalue weighted by molar-refractivity contribution is -0.138. The molecule has 1 rings (SSSR count). The van der Waals surface area contributed by atoms with E-state index in [1.807, 2.05) is 6.92 Å². The number of nitrogens with zero attached hydrogens (tertiary/aromatic N) is 2. The van der Waals surface area contributed by atoms with Crippen molar-refractivity contribution in [2.24, 2.45) is 0 Å². The molecule has 0 spiro atoms. The second-order valence-electron chi connectivity index (χ2n) is 3.10. The van der Waals surface area contributed by atoms with Crippen LogP contribution in [0, 0.1) is 11.3 Å². The number of β-amino-alcohol motifs (C(OH)–C–C–N with tert-alkyl or cyclic N) is 1. The second-order valence-corrected chi connectivity index (χ2v) is 3.10. The molecule has 1 N–H and O–H groups in total. The topological polar surface area (TPSA) is 56.5 Å². The molecule has 68 valence electrons. The molecule has 0 radical (unpaired) electrons. The minimum absolute atomic E-state index is 0.224. The van der Waals surface area contributed by atoms with E-state index in [-0.39, 0.29) is 12.1 Å². The maximum atomic E-state index is 9.14. The molecule has 0 amide bonds. The van der Waals surface area contributed by atoms with Crippen molar-refractivity contribution in [3.63, 3.8) is 0 Å². The summed E-state index contributed by atoms with van der Waals surface area (Å²) in [6, 6.07) is 2.31. The Morgan fingerprint density at radius 2 is 2.58 bits per heavy atom. The van der Waals surface area contributed by atoms with Crippen molar-refractivity contribution in [1.82, 2.24) is 5.06 Å². The third kappa shape index (κ3) is 2.45. The second kappa shape index (κ2) is 4.41. The molecule has 1 aliphatic heterocycles. The van der Waals surface area contributed by atoms with Crippen LogP contribution in [0.2, 0.25) is 0 Å². The van der Waals surface area contributed by atoms with Crippen molar-refractivity contribution >= 4 is 0 Å². The van der Waals surface area contributed by atoms with Crippen LogP contribution < -0.4 is 0 Å². The molecule has 0 aromatic heterocycles. The van der Waals surface area contributed by atoms with Gasteiger partial charge < -0.3 is 5.11 Å². The summed E-state index contributed by atoms with van der Waals surface area (Å²) in [7, 11) is 0. The Kier molecular flexibility index (Phi) is 3.48. The zero-order valence-electron chi connectivity index (χ0n) is 7.23. The molecule has 12 heavy (non-hydrogen) atoms. The SMILES string of the molecule is CC(CCC#N)N1C[C@H](O)CO1. The van der Waals surface area contributed by atoms with E-state index in [2.05, 4.69) is 6.07 Å². The summed E-state index contributed by atoms with van der Waals surface area (Å²) in [5, 5.41) is 19.2. The summed E-state index contributed by atoms with van der Waals surface area (Å²) in [5.74, 6) is 0. The number of nitriles is 1. The summed E-state index contributed by atoms with van der Waals surface area (Å²) < 4.78 is 0. The monoisotopic (exact) mass is 170 g/mol. The van der Waals surface area contributed by atoms with Gasteiger partial charge in [-0.1, -0.05) is 0 Å². The summed E-state index contributed by atoms with van der Waals surface area (Å²) in [4.78, 5) is 5.20. The fourth-order valence-electron chi connectivity index (χ4n) is 1.22. The van der Waals surface area contributed by atoms with E-state index in [4.69, 9.17) is 15.2 Å². The molecule has 1 saturated heterocycles. The number of aliphatic hydroxyl groups excluding tert-OH is 1. The van der Waals surface area contributed by atoms with Gasteiger partial charge in [0.05, 0.1) is 25.3 Å². The predicted octanol–water partition coefficient (Wildman–Crippen LogP) is 0.287. The van der Waals surface area contributed by atoms with E-state index < -0.39 is 0 Å². The van der Waals surface area contributed by atoms with Crippen LogP contribution in [-0.2, 0) is 4.84 Å². The summed E-state index contributed by atoms with van der Waals surface area (Å²) in [6.45, 7) is 2.94. The predicted molar refractivity (Wildman–Crippen MR) is 43.0 cm³/mol. The zero-order valence-corrected chi connectivity index (χ0v) is 7.23. The first-order valence-corrected chi connectivity index (χ1v) is 4.18. The molecule has 2 atom stereocenters. The van der Waals surface area contributed by atoms with Crippen LogP contribution in [0.5, 0.6) is 0 Å². The number of hydrogen-bond donors (Lipinski definition) is 1. The van der Waals surface area contributed by atoms with Gasteiger partial charge in [0, 0.05) is 12.5 Å². The highest BCUT2D eigenvalue weighted by Crippen LogP contribution is 2.13. The molecular formula is C8H14N2O2. The highest BCUT2D eigenvalue weighted by Gasteiger charge is 2.25. The first kappa shape index (κ1) is 9.46. The third-order valence-corrected chi connectivity index (χ3v) is 1.99. The van der Waals surface area contributed by atoms with Gasteiger partial charge in [-0.25, -0.2) is 0 Å². The van der Waals surface area contributed by atoms with Crippen molar-refractivity contribution in [2.75, 3.05) is 13.2 Å². The summed E-state index contributed by atoms with van der Waals surface area (Å²) >= 11 is 0. The van der Waals surface area contributed by atoms with E-state index in [0.717, 1.165) is 6.42 Å². The average molecular weight is 170 g/mol. The van der Waals surface area contributed by atoms with Crippen molar-refractivity contribution in [3.8, 4) is 6.07 Å². The van der Waals surface area contributed by atoms with Gasteiger partial charge in [-0.05, 0) is 13.3 Å². The first-order valence-electron chi connectivity index (χ1n) is 4.18. The maximum absolute atomic E-state index is 9.14. The van der Waals surface area contributed by atoms with E-state index in [0.29, 0.717) is 19.6 Å². The normalized spacial score (nSPS) is 26.9. The Labute approximate surface area is 72.3 Å². The Bertz CT molecular complexity index is 178. The number of rotatable bonds is 3. The number of aliphatic hydroxyl groups is 1. The van der Waals surface area contributed by atoms with Crippen LogP contribution in [0.4, 0.5) is 0 Å². The van der Waals surface area contributed by atoms with Gasteiger partial charge in [-0.3, -0.25) is 4.84 Å². The van der Waals surface area contributed by atoms with Crippen LogP contribution >= 0.6 is 0 Å². The van der Waals surface area contributed by atoms with Gasteiger partial charge in [0.2, 0.25) is 0 Å². The van der Waals surface area contributed by atoms with Gasteiger partial charge >= 0.3 is 0 Å². The van der Waals surface area contributed by atoms with Crippen LogP contribution in [-0.4, -0.2) is 35.5 Å². The average Bonchev–Trinajstić information content (AvgIpc) is 2.47. The van der Waals surface area contributed by atoms with Crippen molar-refractivity contribution in [1.29, 1.82) is 5.26 Å². The molecular weight excluding hydrogens is 156 g/mol. The fraction of sp³-hybridized carbons (Fsp3) is 0.875. The molecule has 0 aromatic carbocycles. The van der Waals surface area contributed by atoms with Gasteiger partial charge in [0.25, 0.3) is 0 Å². The van der Waals surface area contributed by atoms with Crippen LogP contribution in [0.1, 0.15) is 19.8 Å². The highest BCUT2D eigenvalue weighted by atomic mass is 16.7. The number of hydrogen-bond acceptors (Lipinski definition) is 4. The van der Waals surface area contributed by atoms with Crippen LogP contribution in [0.25, 0.3) is 0 Å². The molecule has 4 nitrogen and oxygen atoms in total. The first-order chi connectivity index (χ1) is 5.74. The molecule has 0 aromatic rings. The molecule has 4 heteroatoms. The molecule has 1 heterocycles. The van der Waals surface area contributed by atoms with E-state index in [9.17, 15) is 0 Å². The lowest BCUT2D eigenvalue weighted by Crippen LogP contribution is -2.30. The van der Waals surface area contributed by atoms with Gasteiger partial charge in [0.1, 0.15) is 0 Å². The standard InChI is InChI=1S/C8H14N2O2/c1-7(3-2-4-9)10-5-8(11)6-12-10/h7-8,11H,2-3,5-6H2,1H3/t7?,8-/m0/s1. The maximum Gasteiger partial charge on any atom is 0.0958 e. The Morgan fingerprint density at radius 1 is 1.83 bits per heavy atom. The quantitative estimate of drug-likeness (QED) is 0.661. The summed E-state index contributed by atoms with van der Waals surface area (Å²) in [6.07, 6.45) is 0.968. The molecule has 1 unspecified atom stereocenters. The third-order valence-electron chi connectivity index (χ3n) is 1.99. The van der Waals surface area contributed by atoms with E-state index >= 15 is 0 Å². The van der Waals surface area contributed by atoms with E-state index in [1.54, 1.807) is 5.06 Å². The van der Waals surface area contributed by atoms with Crippen LogP contribution in [0.3, 0.4) is 0 Å². The van der Waals surface area contributed by atoms with E-state index in [1.165, 1.54) is 0 Å². The zero-order chi connectivity index (χ0) is 8.97. The Hall–Kier alpha value is -0.630. The van der Waals surface area contributed by atoms with Gasteiger partial charge in [0.15, 0.2) is 0 Å². The Balaban J connectivity index is 2.24. The van der Waals surface area contributed by atoms with Crippen molar-refractivity contribution in [2.45, 2.75) is 31.9 Å². The molecule has 0 saturated carbocycles. The van der Waals surface area contributed by atoms with Crippen molar-refractivity contribution in [3.05, 3.63) is 0 Å². The molecule has 1 fully saturated rings. The molecule has 0 bridgehead atoms. The minimum Gasteiger partial charge on any atom is -0.389 e. The van der Waals surface area contributed by atoms with Crippen LogP contribution in [0.15, 0.2) is 0 Å². The highest BCUT2D eigenvalue weighted by molar-refractivity contribution is 4.75.